The maximum Gasteiger partial charge on any atom is 0.250 e. The summed E-state index contributed by atoms with van der Waals surface area (Å²) in [5, 5.41) is 0.300. The Morgan fingerprint density at radius 3 is 2.69 bits per heavy atom. The third-order valence-corrected chi connectivity index (χ3v) is 5.89. The number of hydrogen-bond acceptors (Lipinski definition) is 5. The first kappa shape index (κ1) is 21.3. The van der Waals surface area contributed by atoms with Gasteiger partial charge in [0.05, 0.1) is 5.02 Å². The zero-order chi connectivity index (χ0) is 21.0. The summed E-state index contributed by atoms with van der Waals surface area (Å²) < 4.78 is 1.50. The molecule has 29 heavy (non-hydrogen) atoms. The zero-order valence-corrected chi connectivity index (χ0v) is 17.9. The lowest BCUT2D eigenvalue weighted by Crippen LogP contribution is -2.18. The fourth-order valence-corrected chi connectivity index (χ4v) is 3.93. The van der Waals surface area contributed by atoms with Gasteiger partial charge in [-0.05, 0) is 34.6 Å². The quantitative estimate of drug-likeness (QED) is 0.575. The van der Waals surface area contributed by atoms with E-state index in [2.05, 4.69) is 11.9 Å². The van der Waals surface area contributed by atoms with E-state index < -0.39 is 0 Å². The van der Waals surface area contributed by atoms with Gasteiger partial charge in [-0.3, -0.25) is 14.6 Å². The van der Waals surface area contributed by atoms with Crippen molar-refractivity contribution in [2.24, 2.45) is 12.8 Å². The lowest BCUT2D eigenvalue weighted by atomic mass is 9.91. The molecule has 2 aromatic heterocycles. The number of nitrogens with two attached hydrogens (primary N) is 1. The molecule has 0 saturated carbocycles. The Morgan fingerprint density at radius 1 is 1.21 bits per heavy atom. The van der Waals surface area contributed by atoms with Gasteiger partial charge in [0, 0.05) is 60.7 Å². The SMILES string of the molecule is CCSCc1ccc(C(=O)c2ccncc2Cl)c(-c2cn(C)c(=O)cc2CN)c1. The first-order chi connectivity index (χ1) is 14.0. The van der Waals surface area contributed by atoms with Crippen molar-refractivity contribution in [3.63, 3.8) is 0 Å². The number of thioether (sulfide) groups is 1. The highest BCUT2D eigenvalue weighted by molar-refractivity contribution is 7.98. The molecule has 0 saturated heterocycles. The first-order valence-corrected chi connectivity index (χ1v) is 10.7. The number of halogens is 1. The zero-order valence-electron chi connectivity index (χ0n) is 16.3. The minimum absolute atomic E-state index is 0.142. The number of benzene rings is 1. The second kappa shape index (κ2) is 9.39. The van der Waals surface area contributed by atoms with Crippen LogP contribution in [0, 0.1) is 0 Å². The van der Waals surface area contributed by atoms with Crippen molar-refractivity contribution in [2.75, 3.05) is 5.75 Å². The maximum absolute atomic E-state index is 13.3. The number of hydrogen-bond donors (Lipinski definition) is 1. The number of carbonyl (C=O) groups is 1. The summed E-state index contributed by atoms with van der Waals surface area (Å²) in [6.45, 7) is 2.30. The molecule has 150 valence electrons. The largest absolute Gasteiger partial charge is 0.326 e. The molecular formula is C22H22ClN3O2S. The van der Waals surface area contributed by atoms with Gasteiger partial charge in [-0.15, -0.1) is 0 Å². The summed E-state index contributed by atoms with van der Waals surface area (Å²) in [5.74, 6) is 1.63. The topological polar surface area (TPSA) is 78.0 Å². The molecule has 0 bridgehead atoms. The number of pyridine rings is 2. The molecule has 7 heteroatoms. The number of carbonyl (C=O) groups excluding carboxylic acids is 1. The van der Waals surface area contributed by atoms with E-state index in [0.29, 0.717) is 21.7 Å². The maximum atomic E-state index is 13.3. The van der Waals surface area contributed by atoms with E-state index in [-0.39, 0.29) is 17.9 Å². The molecule has 0 radical (unpaired) electrons. The van der Waals surface area contributed by atoms with Crippen molar-refractivity contribution in [2.45, 2.75) is 19.2 Å². The molecule has 0 fully saturated rings. The van der Waals surface area contributed by atoms with Crippen LogP contribution in [0.5, 0.6) is 0 Å². The van der Waals surface area contributed by atoms with Gasteiger partial charge in [0.15, 0.2) is 5.78 Å². The summed E-state index contributed by atoms with van der Waals surface area (Å²) in [6.07, 6.45) is 4.74. The smallest absolute Gasteiger partial charge is 0.250 e. The van der Waals surface area contributed by atoms with Crippen LogP contribution in [0.15, 0.2) is 53.7 Å². The Labute approximate surface area is 178 Å². The fourth-order valence-electron chi connectivity index (χ4n) is 3.11. The van der Waals surface area contributed by atoms with Crippen LogP contribution in [0.1, 0.15) is 34.0 Å². The third-order valence-electron chi connectivity index (χ3n) is 4.64. The average Bonchev–Trinajstić information content (AvgIpc) is 2.73. The summed E-state index contributed by atoms with van der Waals surface area (Å²) in [7, 11) is 1.68. The molecule has 0 atom stereocenters. The lowest BCUT2D eigenvalue weighted by molar-refractivity contribution is 0.103. The summed E-state index contributed by atoms with van der Waals surface area (Å²) in [6, 6.07) is 8.92. The van der Waals surface area contributed by atoms with E-state index in [9.17, 15) is 9.59 Å². The highest BCUT2D eigenvalue weighted by Crippen LogP contribution is 2.31. The van der Waals surface area contributed by atoms with Crippen molar-refractivity contribution < 1.29 is 4.79 Å². The van der Waals surface area contributed by atoms with Crippen LogP contribution in [-0.2, 0) is 19.3 Å². The minimum atomic E-state index is -0.195. The van der Waals surface area contributed by atoms with Gasteiger partial charge in [0.25, 0.3) is 5.56 Å². The van der Waals surface area contributed by atoms with Gasteiger partial charge in [-0.2, -0.15) is 11.8 Å². The van der Waals surface area contributed by atoms with Gasteiger partial charge in [-0.25, -0.2) is 0 Å². The second-order valence-corrected chi connectivity index (χ2v) is 8.25. The number of rotatable bonds is 7. The molecule has 0 aliphatic heterocycles. The number of ketones is 1. The predicted octanol–water partition coefficient (Wildman–Crippen LogP) is 4.04. The molecule has 0 aliphatic rings. The Morgan fingerprint density at radius 2 is 2.00 bits per heavy atom. The minimum Gasteiger partial charge on any atom is -0.326 e. The standard InChI is InChI=1S/C22H22ClN3O2S/c1-3-29-13-14-4-5-16(22(28)17-6-7-25-11-20(17)23)18(8-14)19-12-26(2)21(27)9-15(19)10-24/h4-9,11-12H,3,10,13,24H2,1-2H3. The molecule has 0 amide bonds. The van der Waals surface area contributed by atoms with Crippen molar-refractivity contribution in [1.29, 1.82) is 0 Å². The van der Waals surface area contributed by atoms with E-state index in [0.717, 1.165) is 28.2 Å². The molecule has 0 unspecified atom stereocenters. The Hall–Kier alpha value is -2.41. The van der Waals surface area contributed by atoms with E-state index in [4.69, 9.17) is 17.3 Å². The van der Waals surface area contributed by atoms with Gasteiger partial charge in [-0.1, -0.05) is 30.7 Å². The normalized spacial score (nSPS) is 10.9. The van der Waals surface area contributed by atoms with Crippen LogP contribution in [-0.4, -0.2) is 21.1 Å². The highest BCUT2D eigenvalue weighted by atomic mass is 35.5. The van der Waals surface area contributed by atoms with Crippen LogP contribution >= 0.6 is 23.4 Å². The van der Waals surface area contributed by atoms with Crippen molar-refractivity contribution in [3.05, 3.63) is 86.6 Å². The Kier molecular flexibility index (Phi) is 6.90. The van der Waals surface area contributed by atoms with Gasteiger partial charge in [0.1, 0.15) is 0 Å². The van der Waals surface area contributed by atoms with Gasteiger partial charge in [0.2, 0.25) is 0 Å². The van der Waals surface area contributed by atoms with Gasteiger partial charge >= 0.3 is 0 Å². The van der Waals surface area contributed by atoms with Crippen LogP contribution in [0.3, 0.4) is 0 Å². The van der Waals surface area contributed by atoms with Crippen LogP contribution in [0.2, 0.25) is 5.02 Å². The van der Waals surface area contributed by atoms with Crippen molar-refractivity contribution >= 4 is 29.1 Å². The number of aromatic nitrogens is 2. The Bertz CT molecular complexity index is 1110. The molecule has 3 aromatic rings. The van der Waals surface area contributed by atoms with Crippen LogP contribution in [0.4, 0.5) is 0 Å². The monoisotopic (exact) mass is 427 g/mol. The molecular weight excluding hydrogens is 406 g/mol. The number of aryl methyl sites for hydroxylation is 1. The molecule has 2 N–H and O–H groups in total. The van der Waals surface area contributed by atoms with E-state index in [1.165, 1.54) is 16.8 Å². The summed E-state index contributed by atoms with van der Waals surface area (Å²) >= 11 is 8.02. The van der Waals surface area contributed by atoms with Crippen LogP contribution in [0.25, 0.3) is 11.1 Å². The highest BCUT2D eigenvalue weighted by Gasteiger charge is 2.20. The average molecular weight is 428 g/mol. The predicted molar refractivity (Wildman–Crippen MR) is 120 cm³/mol. The van der Waals surface area contributed by atoms with E-state index >= 15 is 0 Å². The molecule has 0 aliphatic carbocycles. The van der Waals surface area contributed by atoms with Crippen molar-refractivity contribution in [1.82, 2.24) is 9.55 Å². The molecule has 1 aromatic carbocycles. The summed E-state index contributed by atoms with van der Waals surface area (Å²) in [4.78, 5) is 29.4. The first-order valence-electron chi connectivity index (χ1n) is 9.21. The van der Waals surface area contributed by atoms with Gasteiger partial charge < -0.3 is 10.3 Å². The third kappa shape index (κ3) is 4.61. The van der Waals surface area contributed by atoms with E-state index in [1.54, 1.807) is 37.3 Å². The molecule has 5 nitrogen and oxygen atoms in total. The molecule has 0 spiro atoms. The second-order valence-electron chi connectivity index (χ2n) is 6.57. The van der Waals surface area contributed by atoms with Crippen molar-refractivity contribution in [3.8, 4) is 11.1 Å². The number of nitrogens with zero attached hydrogens (tertiary/aromatic N) is 2. The Balaban J connectivity index is 2.23. The molecule has 2 heterocycles. The lowest BCUT2D eigenvalue weighted by Gasteiger charge is -2.16. The molecule has 3 rings (SSSR count). The van der Waals surface area contributed by atoms with Crippen LogP contribution < -0.4 is 11.3 Å². The fraction of sp³-hybridized carbons (Fsp3) is 0.227. The van der Waals surface area contributed by atoms with E-state index in [1.807, 2.05) is 18.2 Å². The summed E-state index contributed by atoms with van der Waals surface area (Å²) in [5.41, 5.74) is 9.99.